The van der Waals surface area contributed by atoms with E-state index in [0.717, 1.165) is 12.8 Å². The molecule has 1 rings (SSSR count). The van der Waals surface area contributed by atoms with Gasteiger partial charge in [-0.05, 0) is 25.7 Å². The first-order valence-electron chi connectivity index (χ1n) is 5.83. The van der Waals surface area contributed by atoms with Gasteiger partial charge in [-0.3, -0.25) is 4.79 Å². The van der Waals surface area contributed by atoms with Crippen molar-refractivity contribution >= 4 is 16.0 Å². The molecule has 3 N–H and O–H groups in total. The van der Waals surface area contributed by atoms with Crippen LogP contribution in [-0.4, -0.2) is 39.3 Å². The third-order valence-electron chi connectivity index (χ3n) is 2.65. The molecule has 1 aliphatic carbocycles. The standard InChI is InChI=1S/C10H20N2O4S/c1-2-16-10(13)5-6-17(14,15)12-7-9(11)8-3-4-8/h8-9,12H,2-7,11H2,1H3. The van der Waals surface area contributed by atoms with E-state index in [0.29, 0.717) is 5.92 Å². The number of carbonyl (C=O) groups excluding carboxylic acids is 1. The number of rotatable bonds is 8. The van der Waals surface area contributed by atoms with Crippen molar-refractivity contribution in [3.8, 4) is 0 Å². The minimum Gasteiger partial charge on any atom is -0.466 e. The molecule has 1 unspecified atom stereocenters. The molecule has 0 aliphatic heterocycles. The summed E-state index contributed by atoms with van der Waals surface area (Å²) in [6.07, 6.45) is 2.03. The molecule has 0 saturated heterocycles. The third-order valence-corrected chi connectivity index (χ3v) is 3.99. The zero-order valence-electron chi connectivity index (χ0n) is 10.0. The van der Waals surface area contributed by atoms with Gasteiger partial charge in [-0.15, -0.1) is 0 Å². The summed E-state index contributed by atoms with van der Waals surface area (Å²) in [5.41, 5.74) is 5.77. The van der Waals surface area contributed by atoms with E-state index in [-0.39, 0.29) is 31.4 Å². The summed E-state index contributed by atoms with van der Waals surface area (Å²) < 4.78 is 30.1. The molecule has 6 nitrogen and oxygen atoms in total. The van der Waals surface area contributed by atoms with Gasteiger partial charge in [0.2, 0.25) is 10.0 Å². The number of hydrogen-bond donors (Lipinski definition) is 2. The first-order valence-corrected chi connectivity index (χ1v) is 7.48. The Kier molecular flexibility index (Phi) is 5.35. The van der Waals surface area contributed by atoms with Crippen molar-refractivity contribution < 1.29 is 17.9 Å². The van der Waals surface area contributed by atoms with Crippen molar-refractivity contribution in [1.29, 1.82) is 0 Å². The monoisotopic (exact) mass is 264 g/mol. The molecule has 0 bridgehead atoms. The van der Waals surface area contributed by atoms with Crippen LogP contribution in [0.2, 0.25) is 0 Å². The van der Waals surface area contributed by atoms with Crippen molar-refractivity contribution in [2.24, 2.45) is 11.7 Å². The van der Waals surface area contributed by atoms with Gasteiger partial charge in [0.25, 0.3) is 0 Å². The van der Waals surface area contributed by atoms with Crippen LogP contribution in [0.15, 0.2) is 0 Å². The van der Waals surface area contributed by atoms with E-state index in [9.17, 15) is 13.2 Å². The Hall–Kier alpha value is -0.660. The van der Waals surface area contributed by atoms with Gasteiger partial charge < -0.3 is 10.5 Å². The van der Waals surface area contributed by atoms with Crippen LogP contribution in [0.4, 0.5) is 0 Å². The van der Waals surface area contributed by atoms with Gasteiger partial charge in [0, 0.05) is 12.6 Å². The third kappa shape index (κ3) is 5.99. The van der Waals surface area contributed by atoms with E-state index in [4.69, 9.17) is 5.73 Å². The van der Waals surface area contributed by atoms with Crippen LogP contribution in [0.5, 0.6) is 0 Å². The second-order valence-corrected chi connectivity index (χ2v) is 6.15. The predicted molar refractivity (Wildman–Crippen MR) is 63.7 cm³/mol. The van der Waals surface area contributed by atoms with Gasteiger partial charge in [0.15, 0.2) is 0 Å². The summed E-state index contributed by atoms with van der Waals surface area (Å²) in [4.78, 5) is 11.0. The van der Waals surface area contributed by atoms with Gasteiger partial charge in [0.1, 0.15) is 0 Å². The van der Waals surface area contributed by atoms with E-state index < -0.39 is 16.0 Å². The number of nitrogens with one attached hydrogen (secondary N) is 1. The van der Waals surface area contributed by atoms with E-state index >= 15 is 0 Å². The van der Waals surface area contributed by atoms with Crippen LogP contribution in [0, 0.1) is 5.92 Å². The van der Waals surface area contributed by atoms with Crippen LogP contribution < -0.4 is 10.5 Å². The molecular weight excluding hydrogens is 244 g/mol. The lowest BCUT2D eigenvalue weighted by molar-refractivity contribution is -0.142. The molecule has 0 aromatic heterocycles. The lowest BCUT2D eigenvalue weighted by Gasteiger charge is -2.11. The van der Waals surface area contributed by atoms with Crippen molar-refractivity contribution in [1.82, 2.24) is 4.72 Å². The Morgan fingerprint density at radius 3 is 2.71 bits per heavy atom. The molecule has 7 heteroatoms. The molecule has 1 fully saturated rings. The van der Waals surface area contributed by atoms with Crippen molar-refractivity contribution in [2.45, 2.75) is 32.2 Å². The largest absolute Gasteiger partial charge is 0.466 e. The maximum absolute atomic E-state index is 11.5. The van der Waals surface area contributed by atoms with Crippen LogP contribution in [0.1, 0.15) is 26.2 Å². The summed E-state index contributed by atoms with van der Waals surface area (Å²) >= 11 is 0. The summed E-state index contributed by atoms with van der Waals surface area (Å²) in [6, 6.07) is -0.118. The summed E-state index contributed by atoms with van der Waals surface area (Å²) in [5.74, 6) is -0.296. The van der Waals surface area contributed by atoms with Crippen molar-refractivity contribution in [2.75, 3.05) is 18.9 Å². The van der Waals surface area contributed by atoms with Crippen molar-refractivity contribution in [3.05, 3.63) is 0 Å². The fraction of sp³-hybridized carbons (Fsp3) is 0.900. The number of ether oxygens (including phenoxy) is 1. The maximum atomic E-state index is 11.5. The fourth-order valence-electron chi connectivity index (χ4n) is 1.44. The number of sulfonamides is 1. The Balaban J connectivity index is 2.22. The highest BCUT2D eigenvalue weighted by Crippen LogP contribution is 2.31. The molecular formula is C10H20N2O4S. The molecule has 17 heavy (non-hydrogen) atoms. The first-order chi connectivity index (χ1) is 7.94. The number of esters is 1. The van der Waals surface area contributed by atoms with Gasteiger partial charge in [-0.1, -0.05) is 0 Å². The normalized spacial score (nSPS) is 17.8. The molecule has 1 atom stereocenters. The average molecular weight is 264 g/mol. The fourth-order valence-corrected chi connectivity index (χ4v) is 2.46. The molecule has 1 saturated carbocycles. The molecule has 0 aromatic rings. The molecule has 0 radical (unpaired) electrons. The Labute approximate surface area is 102 Å². The Morgan fingerprint density at radius 1 is 1.53 bits per heavy atom. The summed E-state index contributed by atoms with van der Waals surface area (Å²) in [5, 5.41) is 0. The molecule has 100 valence electrons. The van der Waals surface area contributed by atoms with Gasteiger partial charge >= 0.3 is 5.97 Å². The second kappa shape index (κ2) is 6.32. The molecule has 0 amide bonds. The summed E-state index contributed by atoms with van der Waals surface area (Å²) in [6.45, 7) is 2.19. The smallest absolute Gasteiger partial charge is 0.306 e. The van der Waals surface area contributed by atoms with Gasteiger partial charge in [0.05, 0.1) is 18.8 Å². The van der Waals surface area contributed by atoms with E-state index in [1.807, 2.05) is 0 Å². The van der Waals surface area contributed by atoms with Crippen LogP contribution in [-0.2, 0) is 19.6 Å². The molecule has 0 spiro atoms. The topological polar surface area (TPSA) is 98.5 Å². The molecule has 0 heterocycles. The van der Waals surface area contributed by atoms with E-state index in [1.54, 1.807) is 6.92 Å². The SMILES string of the molecule is CCOC(=O)CCS(=O)(=O)NCC(N)C1CC1. The Bertz CT molecular complexity index is 351. The number of hydrogen-bond acceptors (Lipinski definition) is 5. The van der Waals surface area contributed by atoms with Crippen molar-refractivity contribution in [3.63, 3.8) is 0 Å². The first kappa shape index (κ1) is 14.4. The molecule has 1 aliphatic rings. The quantitative estimate of drug-likeness (QED) is 0.581. The molecule has 0 aromatic carbocycles. The number of carbonyl (C=O) groups is 1. The van der Waals surface area contributed by atoms with Crippen LogP contribution >= 0.6 is 0 Å². The van der Waals surface area contributed by atoms with Crippen LogP contribution in [0.3, 0.4) is 0 Å². The minimum absolute atomic E-state index is 0.118. The zero-order chi connectivity index (χ0) is 12.9. The minimum atomic E-state index is -3.43. The number of nitrogens with two attached hydrogens (primary N) is 1. The highest BCUT2D eigenvalue weighted by Gasteiger charge is 2.29. The predicted octanol–water partition coefficient (Wildman–Crippen LogP) is -0.404. The van der Waals surface area contributed by atoms with E-state index in [2.05, 4.69) is 9.46 Å². The summed E-state index contributed by atoms with van der Waals surface area (Å²) in [7, 11) is -3.43. The van der Waals surface area contributed by atoms with Crippen LogP contribution in [0.25, 0.3) is 0 Å². The maximum Gasteiger partial charge on any atom is 0.306 e. The van der Waals surface area contributed by atoms with Gasteiger partial charge in [-0.2, -0.15) is 0 Å². The second-order valence-electron chi connectivity index (χ2n) is 4.22. The zero-order valence-corrected chi connectivity index (χ0v) is 10.8. The highest BCUT2D eigenvalue weighted by atomic mass is 32.2. The Morgan fingerprint density at radius 2 is 2.18 bits per heavy atom. The van der Waals surface area contributed by atoms with Gasteiger partial charge in [-0.25, -0.2) is 13.1 Å². The highest BCUT2D eigenvalue weighted by molar-refractivity contribution is 7.89. The lowest BCUT2D eigenvalue weighted by atomic mass is 10.2. The lowest BCUT2D eigenvalue weighted by Crippen LogP contribution is -2.39. The average Bonchev–Trinajstić information content (AvgIpc) is 3.08. The van der Waals surface area contributed by atoms with E-state index in [1.165, 1.54) is 0 Å².